The van der Waals surface area contributed by atoms with E-state index in [-0.39, 0.29) is 17.6 Å². The van der Waals surface area contributed by atoms with Crippen molar-refractivity contribution in [3.63, 3.8) is 0 Å². The highest BCUT2D eigenvalue weighted by molar-refractivity contribution is 5.36. The van der Waals surface area contributed by atoms with Crippen molar-refractivity contribution in [2.45, 2.75) is 110 Å². The predicted octanol–water partition coefficient (Wildman–Crippen LogP) is 5.70. The van der Waals surface area contributed by atoms with Crippen LogP contribution in [-0.2, 0) is 0 Å². The summed E-state index contributed by atoms with van der Waals surface area (Å²) in [5.74, 6) is 1.23. The minimum Gasteiger partial charge on any atom is -0.393 e. The predicted molar refractivity (Wildman–Crippen MR) is 124 cm³/mol. The van der Waals surface area contributed by atoms with E-state index in [1.807, 2.05) is 13.8 Å². The molecule has 0 amide bonds. The third-order valence-electron chi connectivity index (χ3n) is 8.33. The van der Waals surface area contributed by atoms with E-state index in [0.29, 0.717) is 24.2 Å². The average molecular weight is 417 g/mol. The van der Waals surface area contributed by atoms with Gasteiger partial charge in [-0.15, -0.1) is 0 Å². The van der Waals surface area contributed by atoms with Gasteiger partial charge >= 0.3 is 0 Å². The van der Waals surface area contributed by atoms with Gasteiger partial charge in [0.1, 0.15) is 0 Å². The Labute approximate surface area is 184 Å². The standard InChI is InChI=1S/C27H44O3/c1-18-10-13-22(28)16-21(18)12-11-20-9-7-15-27(5)23(20)17-24(29)25(27)19(2)8-6-14-26(3,4)30/h11-12,19,22-25,28-30H,1,6-10,13-17H2,2-5H3/b20-11+,21-12+/t19-,22+,23+,24?,25+,27-/m1/s1. The summed E-state index contributed by atoms with van der Waals surface area (Å²) in [6.07, 6.45) is 13.7. The first-order valence-electron chi connectivity index (χ1n) is 12.2. The van der Waals surface area contributed by atoms with Crippen molar-refractivity contribution >= 4 is 0 Å². The van der Waals surface area contributed by atoms with Gasteiger partial charge in [0, 0.05) is 0 Å². The highest BCUT2D eigenvalue weighted by Gasteiger charge is 2.54. The number of allylic oxidation sites excluding steroid dienone is 4. The van der Waals surface area contributed by atoms with E-state index in [1.54, 1.807) is 0 Å². The van der Waals surface area contributed by atoms with E-state index >= 15 is 0 Å². The minimum atomic E-state index is -0.606. The molecule has 3 aliphatic rings. The normalized spacial score (nSPS) is 38.8. The molecule has 6 atom stereocenters. The van der Waals surface area contributed by atoms with Crippen LogP contribution < -0.4 is 0 Å². The Balaban J connectivity index is 1.74. The van der Waals surface area contributed by atoms with Crippen LogP contribution in [0.15, 0.2) is 35.5 Å². The highest BCUT2D eigenvalue weighted by atomic mass is 16.3. The Morgan fingerprint density at radius 3 is 2.67 bits per heavy atom. The van der Waals surface area contributed by atoms with Crippen LogP contribution in [0.25, 0.3) is 0 Å². The van der Waals surface area contributed by atoms with Gasteiger partial charge in [-0.1, -0.05) is 56.6 Å². The quantitative estimate of drug-likeness (QED) is 0.520. The molecule has 0 aromatic carbocycles. The first-order chi connectivity index (χ1) is 14.0. The van der Waals surface area contributed by atoms with Crippen LogP contribution in [0.3, 0.4) is 0 Å². The van der Waals surface area contributed by atoms with Gasteiger partial charge in [-0.05, 0) is 94.0 Å². The molecule has 0 aromatic heterocycles. The molecule has 3 rings (SSSR count). The van der Waals surface area contributed by atoms with Gasteiger partial charge in [-0.25, -0.2) is 0 Å². The summed E-state index contributed by atoms with van der Waals surface area (Å²) < 4.78 is 0. The summed E-state index contributed by atoms with van der Waals surface area (Å²) in [7, 11) is 0. The first kappa shape index (κ1) is 23.8. The fourth-order valence-electron chi connectivity index (χ4n) is 6.75. The van der Waals surface area contributed by atoms with Crippen LogP contribution in [0.1, 0.15) is 91.9 Å². The van der Waals surface area contributed by atoms with Gasteiger partial charge < -0.3 is 15.3 Å². The zero-order valence-electron chi connectivity index (χ0n) is 19.7. The second-order valence-electron chi connectivity index (χ2n) is 11.4. The molecular formula is C27H44O3. The van der Waals surface area contributed by atoms with E-state index in [0.717, 1.165) is 44.9 Å². The lowest BCUT2D eigenvalue weighted by Crippen LogP contribution is -2.38. The summed E-state index contributed by atoms with van der Waals surface area (Å²) in [5, 5.41) is 31.2. The lowest BCUT2D eigenvalue weighted by atomic mass is 9.60. The van der Waals surface area contributed by atoms with E-state index in [1.165, 1.54) is 29.6 Å². The van der Waals surface area contributed by atoms with Crippen molar-refractivity contribution in [2.24, 2.45) is 23.2 Å². The Morgan fingerprint density at radius 2 is 1.97 bits per heavy atom. The summed E-state index contributed by atoms with van der Waals surface area (Å²) in [6, 6.07) is 0. The number of rotatable bonds is 6. The molecule has 0 aliphatic heterocycles. The van der Waals surface area contributed by atoms with Crippen LogP contribution in [-0.4, -0.2) is 33.1 Å². The largest absolute Gasteiger partial charge is 0.393 e. The van der Waals surface area contributed by atoms with Crippen molar-refractivity contribution in [3.8, 4) is 0 Å². The maximum Gasteiger partial charge on any atom is 0.0591 e. The lowest BCUT2D eigenvalue weighted by Gasteiger charge is -2.44. The summed E-state index contributed by atoms with van der Waals surface area (Å²) in [5.41, 5.74) is 3.39. The van der Waals surface area contributed by atoms with E-state index in [9.17, 15) is 15.3 Å². The SMILES string of the molecule is C=C1CC[C@H](O)C/C1=C\C=C1/CCC[C@@]2(C)[C@@H]([C@H](C)CCCC(C)(C)O)C(O)C[C@@H]12. The summed E-state index contributed by atoms with van der Waals surface area (Å²) in [4.78, 5) is 0. The fourth-order valence-corrected chi connectivity index (χ4v) is 6.75. The van der Waals surface area contributed by atoms with Gasteiger partial charge in [0.15, 0.2) is 0 Å². The van der Waals surface area contributed by atoms with Crippen LogP contribution in [0, 0.1) is 23.2 Å². The highest BCUT2D eigenvalue weighted by Crippen LogP contribution is 2.60. The Bertz CT molecular complexity index is 683. The monoisotopic (exact) mass is 416 g/mol. The molecule has 0 bridgehead atoms. The number of aliphatic hydroxyl groups is 3. The van der Waals surface area contributed by atoms with Crippen molar-refractivity contribution < 1.29 is 15.3 Å². The van der Waals surface area contributed by atoms with Crippen molar-refractivity contribution in [1.29, 1.82) is 0 Å². The minimum absolute atomic E-state index is 0.152. The van der Waals surface area contributed by atoms with Crippen molar-refractivity contribution in [2.75, 3.05) is 0 Å². The Hall–Kier alpha value is -0.900. The number of aliphatic hydroxyl groups excluding tert-OH is 2. The molecule has 1 unspecified atom stereocenters. The van der Waals surface area contributed by atoms with Crippen molar-refractivity contribution in [3.05, 3.63) is 35.5 Å². The van der Waals surface area contributed by atoms with Gasteiger partial charge in [0.2, 0.25) is 0 Å². The zero-order valence-corrected chi connectivity index (χ0v) is 19.7. The summed E-state index contributed by atoms with van der Waals surface area (Å²) >= 11 is 0. The smallest absolute Gasteiger partial charge is 0.0591 e. The van der Waals surface area contributed by atoms with E-state index in [4.69, 9.17) is 0 Å². The van der Waals surface area contributed by atoms with Gasteiger partial charge in [-0.2, -0.15) is 0 Å². The first-order valence-corrected chi connectivity index (χ1v) is 12.2. The zero-order chi connectivity index (χ0) is 22.1. The molecule has 3 saturated carbocycles. The maximum atomic E-state index is 11.1. The maximum absolute atomic E-state index is 11.1. The van der Waals surface area contributed by atoms with Gasteiger partial charge in [-0.3, -0.25) is 0 Å². The molecule has 30 heavy (non-hydrogen) atoms. The van der Waals surface area contributed by atoms with Crippen LogP contribution in [0.2, 0.25) is 0 Å². The lowest BCUT2D eigenvalue weighted by molar-refractivity contribution is 0.0223. The third kappa shape index (κ3) is 5.29. The number of hydrogen-bond acceptors (Lipinski definition) is 3. The Morgan fingerprint density at radius 1 is 1.23 bits per heavy atom. The molecule has 170 valence electrons. The molecule has 3 nitrogen and oxygen atoms in total. The molecular weight excluding hydrogens is 372 g/mol. The summed E-state index contributed by atoms with van der Waals surface area (Å²) in [6.45, 7) is 12.7. The molecule has 0 heterocycles. The van der Waals surface area contributed by atoms with E-state index < -0.39 is 5.60 Å². The molecule has 3 heteroatoms. The molecule has 3 N–H and O–H groups in total. The van der Waals surface area contributed by atoms with Crippen LogP contribution in [0.5, 0.6) is 0 Å². The molecule has 0 spiro atoms. The average Bonchev–Trinajstić information content (AvgIpc) is 2.91. The van der Waals surface area contributed by atoms with Crippen LogP contribution in [0.4, 0.5) is 0 Å². The molecule has 3 aliphatic carbocycles. The second-order valence-corrected chi connectivity index (χ2v) is 11.4. The molecule has 0 saturated heterocycles. The fraction of sp³-hybridized carbons (Fsp3) is 0.778. The van der Waals surface area contributed by atoms with Crippen LogP contribution >= 0.6 is 0 Å². The van der Waals surface area contributed by atoms with E-state index in [2.05, 4.69) is 32.6 Å². The van der Waals surface area contributed by atoms with Gasteiger partial charge in [0.25, 0.3) is 0 Å². The Kier molecular flexibility index (Phi) is 7.37. The number of hydrogen-bond donors (Lipinski definition) is 3. The van der Waals surface area contributed by atoms with Gasteiger partial charge in [0.05, 0.1) is 17.8 Å². The number of fused-ring (bicyclic) bond motifs is 1. The second kappa shape index (κ2) is 9.30. The topological polar surface area (TPSA) is 60.7 Å². The molecule has 0 radical (unpaired) electrons. The van der Waals surface area contributed by atoms with Crippen molar-refractivity contribution in [1.82, 2.24) is 0 Å². The molecule has 3 fully saturated rings. The molecule has 0 aromatic rings. The third-order valence-corrected chi connectivity index (χ3v) is 8.33.